The molecule has 0 aromatic carbocycles. The van der Waals surface area contributed by atoms with E-state index >= 15 is 0 Å². The number of allylic oxidation sites excluding steroid dienone is 4. The molecule has 10 heteroatoms. The van der Waals surface area contributed by atoms with Crippen molar-refractivity contribution in [1.29, 1.82) is 0 Å². The van der Waals surface area contributed by atoms with Gasteiger partial charge >= 0.3 is 20.1 Å². The average Bonchev–Trinajstić information content (AvgIpc) is 3.06. The fourth-order valence-electron chi connectivity index (χ4n) is 5.29. The van der Waals surface area contributed by atoms with Gasteiger partial charge < -0.3 is 18.9 Å². The number of rotatable bonds is 36. The van der Waals surface area contributed by atoms with Crippen LogP contribution in [0.4, 0.5) is 0 Å². The van der Waals surface area contributed by atoms with Crippen molar-refractivity contribution in [2.45, 2.75) is 174 Å². The van der Waals surface area contributed by atoms with Crippen molar-refractivity contribution in [1.82, 2.24) is 0 Å². The van der Waals surface area contributed by atoms with E-state index in [1.54, 1.807) is 0 Å². The van der Waals surface area contributed by atoms with E-state index in [4.69, 9.17) is 18.5 Å². The number of esters is 2. The number of quaternary nitrogens is 1. The van der Waals surface area contributed by atoms with Gasteiger partial charge in [0.15, 0.2) is 6.10 Å². The van der Waals surface area contributed by atoms with E-state index in [9.17, 15) is 19.4 Å². The molecule has 0 amide bonds. The van der Waals surface area contributed by atoms with Crippen LogP contribution in [0.5, 0.6) is 0 Å². The molecule has 0 aromatic rings. The van der Waals surface area contributed by atoms with Gasteiger partial charge in [-0.2, -0.15) is 13.9 Å². The minimum Gasteiger partial charge on any atom is -0.606 e. The number of likely N-dealkylation sites (N-methyl/N-ethyl adjacent to an activating group) is 1. The zero-order valence-electron chi connectivity index (χ0n) is 32.9. The predicted octanol–water partition coefficient (Wildman–Crippen LogP) is 9.73. The Morgan fingerprint density at radius 3 is 1.68 bits per heavy atom. The van der Waals surface area contributed by atoms with Crippen molar-refractivity contribution in [3.63, 3.8) is 0 Å². The second-order valence-electron chi connectivity index (χ2n) is 14.7. The zero-order chi connectivity index (χ0) is 37.2. The molecule has 0 fully saturated rings. The van der Waals surface area contributed by atoms with E-state index in [1.165, 1.54) is 70.6 Å². The molecule has 50 heavy (non-hydrogen) atoms. The first-order chi connectivity index (χ1) is 24.0. The van der Waals surface area contributed by atoms with E-state index in [2.05, 4.69) is 38.2 Å². The van der Waals surface area contributed by atoms with E-state index in [0.717, 1.165) is 64.2 Å². The summed E-state index contributed by atoms with van der Waals surface area (Å²) in [7, 11) is 1.47. The van der Waals surface area contributed by atoms with Crippen molar-refractivity contribution in [3.05, 3.63) is 24.3 Å². The third-order valence-corrected chi connectivity index (χ3v) is 9.45. The van der Waals surface area contributed by atoms with E-state index in [1.807, 2.05) is 21.1 Å². The second kappa shape index (κ2) is 33.5. The molecular formula is C40H77NO8P+. The predicted molar refractivity (Wildman–Crippen MR) is 205 cm³/mol. The highest BCUT2D eigenvalue weighted by molar-refractivity contribution is 7.52. The van der Waals surface area contributed by atoms with Crippen LogP contribution in [0.15, 0.2) is 24.3 Å². The Hall–Kier alpha value is -1.35. The van der Waals surface area contributed by atoms with Crippen LogP contribution in [0.25, 0.3) is 0 Å². The first-order valence-electron chi connectivity index (χ1n) is 20.1. The molecule has 0 bridgehead atoms. The maximum Gasteiger partial charge on any atom is 0.377 e. The Morgan fingerprint density at radius 2 is 1.14 bits per heavy atom. The largest absolute Gasteiger partial charge is 0.606 e. The molecule has 1 N–H and O–H groups in total. The monoisotopic (exact) mass is 731 g/mol. The number of carbonyl (C=O) groups excluding carboxylic acids is 2. The Labute approximate surface area is 307 Å². The summed E-state index contributed by atoms with van der Waals surface area (Å²) in [5, 5.41) is 0. The van der Waals surface area contributed by atoms with Gasteiger partial charge in [0.25, 0.3) is 0 Å². The normalized spacial score (nSPS) is 14.0. The lowest BCUT2D eigenvalue weighted by atomic mass is 10.0. The minimum atomic E-state index is -4.37. The first kappa shape index (κ1) is 48.6. The number of hydrogen-bond donors (Lipinski definition) is 1. The molecule has 0 aliphatic rings. The lowest BCUT2D eigenvalue weighted by molar-refractivity contribution is -0.870. The summed E-state index contributed by atoms with van der Waals surface area (Å²) in [4.78, 5) is 47.6. The van der Waals surface area contributed by atoms with Crippen molar-refractivity contribution in [2.24, 2.45) is 0 Å². The fraction of sp³-hybridized carbons (Fsp3) is 0.850. The van der Waals surface area contributed by atoms with Gasteiger partial charge in [-0.15, -0.1) is 0 Å². The number of nitrogens with zero attached hydrogens (tertiary/aromatic N) is 1. The molecule has 294 valence electrons. The Morgan fingerprint density at radius 1 is 0.640 bits per heavy atom. The van der Waals surface area contributed by atoms with Crippen molar-refractivity contribution >= 4 is 20.1 Å². The lowest BCUT2D eigenvalue weighted by Crippen LogP contribution is -2.38. The maximum absolute atomic E-state index is 12.6. The summed E-state index contributed by atoms with van der Waals surface area (Å²) in [6, 6.07) is 0. The molecule has 0 saturated heterocycles. The average molecular weight is 731 g/mol. The molecule has 2 atom stereocenters. The van der Waals surface area contributed by atoms with Gasteiger partial charge in [0.2, 0.25) is 0 Å². The quantitative estimate of drug-likeness (QED) is 0.0223. The number of carbonyl (C=O) groups is 2. The highest BCUT2D eigenvalue weighted by atomic mass is 31.2. The molecule has 0 saturated carbocycles. The fourth-order valence-corrected chi connectivity index (χ4v) is 6.03. The maximum atomic E-state index is 12.6. The Balaban J connectivity index is 4.42. The number of phosphoric ester groups is 1. The van der Waals surface area contributed by atoms with E-state index in [0.29, 0.717) is 17.4 Å². The van der Waals surface area contributed by atoms with Crippen LogP contribution in [-0.2, 0) is 28.1 Å². The first-order valence-corrected chi connectivity index (χ1v) is 21.6. The molecule has 0 heterocycles. The summed E-state index contributed by atoms with van der Waals surface area (Å²) < 4.78 is 21.7. The zero-order valence-corrected chi connectivity index (χ0v) is 33.8. The summed E-state index contributed by atoms with van der Waals surface area (Å²) in [6.45, 7) is 4.33. The topological polar surface area (TPSA) is 114 Å². The molecule has 0 aromatic heterocycles. The van der Waals surface area contributed by atoms with Crippen LogP contribution in [0, 0.1) is 0 Å². The second-order valence-corrected chi connectivity index (χ2v) is 16.1. The SMILES string of the molecule is CCC/C=C\C/C=C\CCCCCCCC(=O)OC[C@H](CO[P+]([O-])(O)OCC[N+](C)(C)C)OC(=O)CCCCCCCCCCCCCCC. The summed E-state index contributed by atoms with van der Waals surface area (Å²) in [5.41, 5.74) is 0. The van der Waals surface area contributed by atoms with Crippen molar-refractivity contribution in [3.8, 4) is 0 Å². The highest BCUT2D eigenvalue weighted by Crippen LogP contribution is 2.47. The number of phosphoric acid groups is 1. The van der Waals surface area contributed by atoms with E-state index < -0.39 is 26.9 Å². The van der Waals surface area contributed by atoms with Crippen LogP contribution in [0.3, 0.4) is 0 Å². The molecule has 0 radical (unpaired) electrons. The van der Waals surface area contributed by atoms with Gasteiger partial charge in [-0.3, -0.25) is 9.59 Å². The Bertz CT molecular complexity index is 859. The lowest BCUT2D eigenvalue weighted by Gasteiger charge is -2.26. The smallest absolute Gasteiger partial charge is 0.377 e. The van der Waals surface area contributed by atoms with Crippen molar-refractivity contribution in [2.75, 3.05) is 47.5 Å². The van der Waals surface area contributed by atoms with Gasteiger partial charge in [0.1, 0.15) is 26.4 Å². The van der Waals surface area contributed by atoms with Crippen LogP contribution < -0.4 is 4.89 Å². The van der Waals surface area contributed by atoms with Gasteiger partial charge in [-0.05, 0) is 38.5 Å². The van der Waals surface area contributed by atoms with Gasteiger partial charge in [0, 0.05) is 12.8 Å². The van der Waals surface area contributed by atoms with Crippen molar-refractivity contribution < 1.29 is 42.4 Å². The third kappa shape index (κ3) is 36.4. The molecule has 9 nitrogen and oxygen atoms in total. The Kier molecular flexibility index (Phi) is 32.6. The highest BCUT2D eigenvalue weighted by Gasteiger charge is 2.31. The molecule has 0 aliphatic carbocycles. The molecule has 0 rings (SSSR count). The van der Waals surface area contributed by atoms with Crippen LogP contribution >= 0.6 is 8.17 Å². The van der Waals surface area contributed by atoms with E-state index in [-0.39, 0.29) is 32.0 Å². The summed E-state index contributed by atoms with van der Waals surface area (Å²) in [5.74, 6) is -0.813. The molecule has 0 aliphatic heterocycles. The van der Waals surface area contributed by atoms with Crippen LogP contribution in [0.2, 0.25) is 0 Å². The summed E-state index contributed by atoms with van der Waals surface area (Å²) >= 11 is 0. The number of ether oxygens (including phenoxy) is 2. The van der Waals surface area contributed by atoms with Gasteiger partial charge in [-0.25, -0.2) is 0 Å². The molecule has 1 unspecified atom stereocenters. The number of unbranched alkanes of at least 4 members (excludes halogenated alkanes) is 18. The standard InChI is InChI=1S/C40H76NO8P/c1-6-8-10-12-14-16-18-20-22-24-26-28-30-32-39(42)46-36-38(37-48-50(44,45)47-35-34-41(3,4)5)49-40(43)33-31-29-27-25-23-21-19-17-15-13-11-9-7-2/h10,12,16,18,38H,6-9,11,13-15,17,19-37H2,1-5H3/p+1/b12-10-,18-16-/t38-/m1/s1. The minimum absolute atomic E-state index is 0.0309. The molecule has 0 spiro atoms. The molecular weight excluding hydrogens is 653 g/mol. The van der Waals surface area contributed by atoms with Crippen LogP contribution in [0.1, 0.15) is 168 Å². The van der Waals surface area contributed by atoms with Gasteiger partial charge in [-0.1, -0.05) is 141 Å². The summed E-state index contributed by atoms with van der Waals surface area (Å²) in [6.07, 6.45) is 33.6. The van der Waals surface area contributed by atoms with Gasteiger partial charge in [0.05, 0.1) is 21.1 Å². The van der Waals surface area contributed by atoms with Crippen LogP contribution in [-0.4, -0.2) is 74.9 Å². The number of hydrogen-bond acceptors (Lipinski definition) is 8. The third-order valence-electron chi connectivity index (χ3n) is 8.47.